The monoisotopic (exact) mass is 317 g/mol. The number of halogens is 2. The van der Waals surface area contributed by atoms with Crippen molar-refractivity contribution in [2.45, 2.75) is 26.8 Å². The maximum atomic E-state index is 12.0. The van der Waals surface area contributed by atoms with E-state index in [-0.39, 0.29) is 11.9 Å². The molecular weight excluding hydrogens is 302 g/mol. The zero-order chi connectivity index (χ0) is 13.0. The van der Waals surface area contributed by atoms with Crippen molar-refractivity contribution in [3.05, 3.63) is 33.8 Å². The Labute approximate surface area is 116 Å². The van der Waals surface area contributed by atoms with Crippen LogP contribution in [0.25, 0.3) is 0 Å². The minimum absolute atomic E-state index is 0.00752. The zero-order valence-corrected chi connectivity index (χ0v) is 12.6. The number of hydrogen-bond acceptors (Lipinski definition) is 1. The Balaban J connectivity index is 2.79. The minimum atomic E-state index is -0.0695. The Morgan fingerprint density at radius 1 is 1.47 bits per heavy atom. The Bertz CT molecular complexity index is 406. The maximum Gasteiger partial charge on any atom is 0.251 e. The summed E-state index contributed by atoms with van der Waals surface area (Å²) in [4.78, 5) is 12.0. The van der Waals surface area contributed by atoms with Gasteiger partial charge in [0.1, 0.15) is 0 Å². The van der Waals surface area contributed by atoms with Crippen molar-refractivity contribution in [3.8, 4) is 0 Å². The van der Waals surface area contributed by atoms with Gasteiger partial charge in [0, 0.05) is 22.0 Å². The third kappa shape index (κ3) is 4.00. The van der Waals surface area contributed by atoms with Crippen LogP contribution >= 0.6 is 27.5 Å². The van der Waals surface area contributed by atoms with Crippen molar-refractivity contribution in [2.75, 3.05) is 5.88 Å². The van der Waals surface area contributed by atoms with Gasteiger partial charge < -0.3 is 5.32 Å². The third-order valence-electron chi connectivity index (χ3n) is 2.71. The fourth-order valence-corrected chi connectivity index (χ4v) is 2.10. The van der Waals surface area contributed by atoms with Gasteiger partial charge in [-0.3, -0.25) is 4.79 Å². The van der Waals surface area contributed by atoms with E-state index in [1.807, 2.05) is 32.9 Å². The first kappa shape index (κ1) is 14.5. The van der Waals surface area contributed by atoms with E-state index in [1.165, 1.54) is 0 Å². The van der Waals surface area contributed by atoms with Crippen LogP contribution in [0.15, 0.2) is 22.7 Å². The van der Waals surface area contributed by atoms with Gasteiger partial charge in [0.15, 0.2) is 0 Å². The molecule has 0 heterocycles. The lowest BCUT2D eigenvalue weighted by atomic mass is 10.1. The van der Waals surface area contributed by atoms with Gasteiger partial charge in [0.05, 0.1) is 0 Å². The highest BCUT2D eigenvalue weighted by Gasteiger charge is 2.16. The molecule has 17 heavy (non-hydrogen) atoms. The Morgan fingerprint density at radius 2 is 2.12 bits per heavy atom. The van der Waals surface area contributed by atoms with Crippen molar-refractivity contribution in [2.24, 2.45) is 5.92 Å². The van der Waals surface area contributed by atoms with Crippen LogP contribution in [-0.2, 0) is 0 Å². The van der Waals surface area contributed by atoms with Crippen LogP contribution in [0.5, 0.6) is 0 Å². The number of carbonyl (C=O) groups is 1. The van der Waals surface area contributed by atoms with E-state index in [1.54, 1.807) is 6.07 Å². The van der Waals surface area contributed by atoms with Crippen molar-refractivity contribution in [3.63, 3.8) is 0 Å². The van der Waals surface area contributed by atoms with Gasteiger partial charge in [-0.15, -0.1) is 11.6 Å². The minimum Gasteiger partial charge on any atom is -0.348 e. The van der Waals surface area contributed by atoms with Gasteiger partial charge in [-0.1, -0.05) is 29.8 Å². The molecule has 0 aromatic heterocycles. The largest absolute Gasteiger partial charge is 0.348 e. The molecule has 0 spiro atoms. The molecule has 0 saturated carbocycles. The molecule has 0 saturated heterocycles. The average Bonchev–Trinajstić information content (AvgIpc) is 2.28. The summed E-state index contributed by atoms with van der Waals surface area (Å²) < 4.78 is 1.01. The summed E-state index contributed by atoms with van der Waals surface area (Å²) in [5, 5.41) is 2.94. The number of hydrogen-bond donors (Lipinski definition) is 1. The number of nitrogens with one attached hydrogen (secondary N) is 1. The van der Waals surface area contributed by atoms with Crippen LogP contribution < -0.4 is 5.32 Å². The first-order chi connectivity index (χ1) is 7.95. The molecule has 1 atom stereocenters. The van der Waals surface area contributed by atoms with E-state index in [2.05, 4.69) is 21.2 Å². The third-order valence-corrected chi connectivity index (χ3v) is 3.93. The van der Waals surface area contributed by atoms with Crippen molar-refractivity contribution in [1.82, 2.24) is 5.32 Å². The molecule has 0 bridgehead atoms. The van der Waals surface area contributed by atoms with E-state index in [0.29, 0.717) is 17.4 Å². The summed E-state index contributed by atoms with van der Waals surface area (Å²) in [6.07, 6.45) is 0. The van der Waals surface area contributed by atoms with Gasteiger partial charge in [0.25, 0.3) is 5.91 Å². The lowest BCUT2D eigenvalue weighted by Crippen LogP contribution is -2.39. The smallest absolute Gasteiger partial charge is 0.251 e. The first-order valence-corrected chi connectivity index (χ1v) is 6.91. The fourth-order valence-electron chi connectivity index (χ4n) is 1.42. The molecule has 1 N–H and O–H groups in total. The summed E-state index contributed by atoms with van der Waals surface area (Å²) in [5.74, 6) is 0.687. The molecule has 0 radical (unpaired) electrons. The molecule has 94 valence electrons. The summed E-state index contributed by atoms with van der Waals surface area (Å²) in [5.41, 5.74) is 1.71. The standard InChI is InChI=1S/C13H17BrClNO/c1-8(2)12(7-15)16-13(17)10-4-5-11(14)9(3)6-10/h4-6,8,12H,7H2,1-3H3,(H,16,17). The first-order valence-electron chi connectivity index (χ1n) is 5.58. The van der Waals surface area contributed by atoms with Gasteiger partial charge in [-0.05, 0) is 36.6 Å². The topological polar surface area (TPSA) is 29.1 Å². The molecule has 0 aliphatic heterocycles. The van der Waals surface area contributed by atoms with Crippen LogP contribution in [0, 0.1) is 12.8 Å². The SMILES string of the molecule is Cc1cc(C(=O)NC(CCl)C(C)C)ccc1Br. The lowest BCUT2D eigenvalue weighted by molar-refractivity contribution is 0.0931. The quantitative estimate of drug-likeness (QED) is 0.842. The van der Waals surface area contributed by atoms with Crippen molar-refractivity contribution < 1.29 is 4.79 Å². The van der Waals surface area contributed by atoms with Crippen molar-refractivity contribution >= 4 is 33.4 Å². The van der Waals surface area contributed by atoms with Gasteiger partial charge in [-0.25, -0.2) is 0 Å². The zero-order valence-electron chi connectivity index (χ0n) is 10.3. The normalized spacial score (nSPS) is 12.6. The van der Waals surface area contributed by atoms with Crippen LogP contribution in [-0.4, -0.2) is 17.8 Å². The number of amides is 1. The van der Waals surface area contributed by atoms with Crippen LogP contribution in [0.3, 0.4) is 0 Å². The summed E-state index contributed by atoms with van der Waals surface area (Å²) >= 11 is 9.24. The molecule has 1 rings (SSSR count). The molecule has 0 fully saturated rings. The van der Waals surface area contributed by atoms with E-state index < -0.39 is 0 Å². The second-order valence-corrected chi connectivity index (χ2v) is 5.61. The second-order valence-electron chi connectivity index (χ2n) is 4.44. The molecule has 1 aromatic carbocycles. The predicted molar refractivity (Wildman–Crippen MR) is 75.7 cm³/mol. The van der Waals surface area contributed by atoms with Gasteiger partial charge >= 0.3 is 0 Å². The second kappa shape index (κ2) is 6.41. The number of rotatable bonds is 4. The van der Waals surface area contributed by atoms with Gasteiger partial charge in [-0.2, -0.15) is 0 Å². The van der Waals surface area contributed by atoms with Crippen LogP contribution in [0.4, 0.5) is 0 Å². The molecule has 4 heteroatoms. The van der Waals surface area contributed by atoms with E-state index in [9.17, 15) is 4.79 Å². The highest BCUT2D eigenvalue weighted by atomic mass is 79.9. The number of aryl methyl sites for hydroxylation is 1. The molecular formula is C13H17BrClNO. The van der Waals surface area contributed by atoms with E-state index in [4.69, 9.17) is 11.6 Å². The number of alkyl halides is 1. The highest BCUT2D eigenvalue weighted by molar-refractivity contribution is 9.10. The van der Waals surface area contributed by atoms with E-state index >= 15 is 0 Å². The van der Waals surface area contributed by atoms with Gasteiger partial charge in [0.2, 0.25) is 0 Å². The summed E-state index contributed by atoms with van der Waals surface area (Å²) in [7, 11) is 0. The Kier molecular flexibility index (Phi) is 5.47. The molecule has 1 unspecified atom stereocenters. The molecule has 1 aromatic rings. The highest BCUT2D eigenvalue weighted by Crippen LogP contribution is 2.17. The number of benzene rings is 1. The average molecular weight is 319 g/mol. The van der Waals surface area contributed by atoms with E-state index in [0.717, 1.165) is 10.0 Å². The van der Waals surface area contributed by atoms with Crippen molar-refractivity contribution in [1.29, 1.82) is 0 Å². The number of carbonyl (C=O) groups excluding carboxylic acids is 1. The molecule has 2 nitrogen and oxygen atoms in total. The Morgan fingerprint density at radius 3 is 2.59 bits per heavy atom. The molecule has 0 aliphatic carbocycles. The van der Waals surface area contributed by atoms with Crippen LogP contribution in [0.2, 0.25) is 0 Å². The summed E-state index contributed by atoms with van der Waals surface area (Å²) in [6.45, 7) is 6.04. The maximum absolute atomic E-state index is 12.0. The van der Waals surface area contributed by atoms with Crippen LogP contribution in [0.1, 0.15) is 29.8 Å². The fraction of sp³-hybridized carbons (Fsp3) is 0.462. The summed E-state index contributed by atoms with van der Waals surface area (Å²) in [6, 6.07) is 5.56. The Hall–Kier alpha value is -0.540. The lowest BCUT2D eigenvalue weighted by Gasteiger charge is -2.19. The predicted octanol–water partition coefficient (Wildman–Crippen LogP) is 3.75. The molecule has 0 aliphatic rings. The molecule has 1 amide bonds.